The van der Waals surface area contributed by atoms with Crippen LogP contribution in [0.15, 0.2) is 24.4 Å². The van der Waals surface area contributed by atoms with Crippen LogP contribution in [-0.2, 0) is 0 Å². The van der Waals surface area contributed by atoms with E-state index in [1.807, 2.05) is 12.3 Å². The van der Waals surface area contributed by atoms with E-state index in [9.17, 15) is 0 Å². The van der Waals surface area contributed by atoms with Crippen molar-refractivity contribution in [2.45, 2.75) is 33.1 Å². The minimum atomic E-state index is 0.440. The number of hydrogen-bond acceptors (Lipinski definition) is 2. The van der Waals surface area contributed by atoms with Crippen LogP contribution in [0.3, 0.4) is 0 Å². The van der Waals surface area contributed by atoms with E-state index in [4.69, 9.17) is 0 Å². The molecule has 1 aromatic carbocycles. The number of fused-ring (bicyclic) bond motifs is 1. The molecule has 1 unspecified atom stereocenters. The molecule has 0 spiro atoms. The first-order chi connectivity index (χ1) is 7.22. The highest BCUT2D eigenvalue weighted by Gasteiger charge is 2.07. The number of nitrogens with zero attached hydrogens (tertiary/aromatic N) is 2. The Morgan fingerprint density at radius 1 is 1.33 bits per heavy atom. The molecule has 15 heavy (non-hydrogen) atoms. The molecule has 0 N–H and O–H groups in total. The summed E-state index contributed by atoms with van der Waals surface area (Å²) in [6.45, 7) is 6.42. The monoisotopic (exact) mass is 200 g/mol. The van der Waals surface area contributed by atoms with Crippen LogP contribution in [0.4, 0.5) is 0 Å². The average Bonchev–Trinajstić information content (AvgIpc) is 2.28. The van der Waals surface area contributed by atoms with E-state index in [2.05, 4.69) is 42.9 Å². The van der Waals surface area contributed by atoms with E-state index >= 15 is 0 Å². The highest BCUT2D eigenvalue weighted by atomic mass is 14.9. The van der Waals surface area contributed by atoms with Crippen molar-refractivity contribution < 1.29 is 0 Å². The molecule has 78 valence electrons. The van der Waals surface area contributed by atoms with E-state index in [0.717, 1.165) is 23.1 Å². The predicted octanol–water partition coefficient (Wildman–Crippen LogP) is 3.45. The molecule has 1 aromatic heterocycles. The molecule has 0 saturated carbocycles. The Kier molecular flexibility index (Phi) is 2.67. The van der Waals surface area contributed by atoms with Gasteiger partial charge in [0.25, 0.3) is 0 Å². The first-order valence-electron chi connectivity index (χ1n) is 5.44. The molecular formula is C13H16N2. The van der Waals surface area contributed by atoms with E-state index < -0.39 is 0 Å². The summed E-state index contributed by atoms with van der Waals surface area (Å²) in [6.07, 6.45) is 3.02. The van der Waals surface area contributed by atoms with Gasteiger partial charge in [0.15, 0.2) is 0 Å². The quantitative estimate of drug-likeness (QED) is 0.742. The van der Waals surface area contributed by atoms with Crippen molar-refractivity contribution in [3.05, 3.63) is 35.8 Å². The molecule has 2 nitrogen and oxygen atoms in total. The standard InChI is InChI=1S/C13H16N2/c1-4-9(2)13-14-8-11-10(3)6-5-7-12(11)15-13/h5-9H,4H2,1-3H3. The number of benzene rings is 1. The third-order valence-electron chi connectivity index (χ3n) is 2.92. The molecule has 0 aliphatic carbocycles. The first-order valence-corrected chi connectivity index (χ1v) is 5.44. The third-order valence-corrected chi connectivity index (χ3v) is 2.92. The maximum absolute atomic E-state index is 4.60. The predicted molar refractivity (Wildman–Crippen MR) is 63.0 cm³/mol. The van der Waals surface area contributed by atoms with Crippen LogP contribution in [0.25, 0.3) is 10.9 Å². The molecule has 1 heterocycles. The van der Waals surface area contributed by atoms with E-state index in [0.29, 0.717) is 5.92 Å². The van der Waals surface area contributed by atoms with Crippen molar-refractivity contribution >= 4 is 10.9 Å². The van der Waals surface area contributed by atoms with Gasteiger partial charge in [0.05, 0.1) is 5.52 Å². The lowest BCUT2D eigenvalue weighted by molar-refractivity contribution is 0.683. The average molecular weight is 200 g/mol. The normalized spacial score (nSPS) is 13.0. The summed E-state index contributed by atoms with van der Waals surface area (Å²) in [5.41, 5.74) is 2.29. The number of aryl methyl sites for hydroxylation is 1. The summed E-state index contributed by atoms with van der Waals surface area (Å²) in [5, 5.41) is 1.16. The molecule has 0 amide bonds. The van der Waals surface area contributed by atoms with Gasteiger partial charge in [-0.25, -0.2) is 9.97 Å². The Morgan fingerprint density at radius 3 is 2.87 bits per heavy atom. The summed E-state index contributed by atoms with van der Waals surface area (Å²) in [5.74, 6) is 1.39. The van der Waals surface area contributed by atoms with Crippen LogP contribution < -0.4 is 0 Å². The van der Waals surface area contributed by atoms with Gasteiger partial charge in [-0.3, -0.25) is 0 Å². The lowest BCUT2D eigenvalue weighted by Crippen LogP contribution is -1.99. The largest absolute Gasteiger partial charge is 0.240 e. The maximum Gasteiger partial charge on any atom is 0.131 e. The zero-order valence-corrected chi connectivity index (χ0v) is 9.49. The zero-order valence-electron chi connectivity index (χ0n) is 9.49. The Balaban J connectivity index is 2.57. The molecule has 0 radical (unpaired) electrons. The third kappa shape index (κ3) is 1.84. The Bertz CT molecular complexity index is 477. The SMILES string of the molecule is CCC(C)c1ncc2c(C)cccc2n1. The van der Waals surface area contributed by atoms with Crippen molar-refractivity contribution in [2.75, 3.05) is 0 Å². The van der Waals surface area contributed by atoms with Gasteiger partial charge >= 0.3 is 0 Å². The van der Waals surface area contributed by atoms with Gasteiger partial charge in [0.2, 0.25) is 0 Å². The second kappa shape index (κ2) is 3.97. The zero-order chi connectivity index (χ0) is 10.8. The smallest absolute Gasteiger partial charge is 0.131 e. The van der Waals surface area contributed by atoms with Crippen molar-refractivity contribution in [2.24, 2.45) is 0 Å². The van der Waals surface area contributed by atoms with E-state index in [1.165, 1.54) is 5.56 Å². The van der Waals surface area contributed by atoms with Crippen molar-refractivity contribution in [1.82, 2.24) is 9.97 Å². The topological polar surface area (TPSA) is 25.8 Å². The number of hydrogen-bond donors (Lipinski definition) is 0. The molecule has 0 saturated heterocycles. The summed E-state index contributed by atoms with van der Waals surface area (Å²) in [6, 6.07) is 6.19. The van der Waals surface area contributed by atoms with Crippen LogP contribution in [0.1, 0.15) is 37.6 Å². The maximum atomic E-state index is 4.60. The fraction of sp³-hybridized carbons (Fsp3) is 0.385. The molecule has 2 aromatic rings. The molecule has 0 aliphatic heterocycles. The second-order valence-electron chi connectivity index (χ2n) is 4.05. The van der Waals surface area contributed by atoms with Gasteiger partial charge in [-0.1, -0.05) is 26.0 Å². The minimum absolute atomic E-state index is 0.440. The lowest BCUT2D eigenvalue weighted by atomic mass is 10.1. The van der Waals surface area contributed by atoms with Gasteiger partial charge in [-0.05, 0) is 25.0 Å². The summed E-state index contributed by atoms with van der Waals surface area (Å²) < 4.78 is 0. The van der Waals surface area contributed by atoms with Crippen molar-refractivity contribution in [3.8, 4) is 0 Å². The van der Waals surface area contributed by atoms with Crippen LogP contribution in [-0.4, -0.2) is 9.97 Å². The molecule has 0 aliphatic rings. The molecular weight excluding hydrogens is 184 g/mol. The van der Waals surface area contributed by atoms with Gasteiger partial charge in [-0.15, -0.1) is 0 Å². The highest BCUT2D eigenvalue weighted by molar-refractivity contribution is 5.80. The van der Waals surface area contributed by atoms with Gasteiger partial charge in [0.1, 0.15) is 5.82 Å². The summed E-state index contributed by atoms with van der Waals surface area (Å²) in [4.78, 5) is 9.02. The molecule has 2 rings (SSSR count). The first kappa shape index (κ1) is 10.1. The van der Waals surface area contributed by atoms with Gasteiger partial charge in [-0.2, -0.15) is 0 Å². The fourth-order valence-corrected chi connectivity index (χ4v) is 1.63. The number of aromatic nitrogens is 2. The Morgan fingerprint density at radius 2 is 2.13 bits per heavy atom. The summed E-state index contributed by atoms with van der Waals surface area (Å²) in [7, 11) is 0. The minimum Gasteiger partial charge on any atom is -0.240 e. The van der Waals surface area contributed by atoms with Crippen LogP contribution >= 0.6 is 0 Å². The van der Waals surface area contributed by atoms with Crippen LogP contribution in [0, 0.1) is 6.92 Å². The fourth-order valence-electron chi connectivity index (χ4n) is 1.63. The van der Waals surface area contributed by atoms with Gasteiger partial charge in [0, 0.05) is 17.5 Å². The molecule has 0 fully saturated rings. The van der Waals surface area contributed by atoms with Crippen molar-refractivity contribution in [1.29, 1.82) is 0 Å². The van der Waals surface area contributed by atoms with Gasteiger partial charge < -0.3 is 0 Å². The molecule has 0 bridgehead atoms. The Hall–Kier alpha value is -1.44. The highest BCUT2D eigenvalue weighted by Crippen LogP contribution is 2.19. The lowest BCUT2D eigenvalue weighted by Gasteiger charge is -2.08. The van der Waals surface area contributed by atoms with Crippen LogP contribution in [0.2, 0.25) is 0 Å². The van der Waals surface area contributed by atoms with Crippen LogP contribution in [0.5, 0.6) is 0 Å². The second-order valence-corrected chi connectivity index (χ2v) is 4.05. The molecule has 2 heteroatoms. The van der Waals surface area contributed by atoms with Crippen molar-refractivity contribution in [3.63, 3.8) is 0 Å². The Labute approximate surface area is 90.4 Å². The number of rotatable bonds is 2. The van der Waals surface area contributed by atoms with E-state index in [-0.39, 0.29) is 0 Å². The van der Waals surface area contributed by atoms with E-state index in [1.54, 1.807) is 0 Å². The summed E-state index contributed by atoms with van der Waals surface area (Å²) >= 11 is 0. The molecule has 1 atom stereocenters.